The van der Waals surface area contributed by atoms with E-state index in [1.54, 1.807) is 0 Å². The molecule has 1 N–H and O–H groups in total. The standard InChI is InChI=1S/C20H32N4O2/c1-6-9-18-15(7-2)12-16(22-23-18)13-21-14-17-10-8-11-24(17)19(25)26-20(3,4)5/h7,9,12,17,21H,6,8,10-11,13-14H2,1-5H3/b15-7-,18-9+/t17-/m0/s1. The highest BCUT2D eigenvalue weighted by atomic mass is 16.6. The summed E-state index contributed by atoms with van der Waals surface area (Å²) in [6.45, 7) is 11.9. The summed E-state index contributed by atoms with van der Waals surface area (Å²) in [6.07, 6.45) is 6.87. The number of nitrogens with one attached hydrogen (secondary N) is 1. The van der Waals surface area contributed by atoms with E-state index >= 15 is 0 Å². The van der Waals surface area contributed by atoms with Crippen molar-refractivity contribution < 1.29 is 9.53 Å². The number of carbonyl (C=O) groups excluding carboxylic acids is 1. The second-order valence-electron chi connectivity index (χ2n) is 7.68. The summed E-state index contributed by atoms with van der Waals surface area (Å²) in [4.78, 5) is 14.2. The van der Waals surface area contributed by atoms with E-state index in [1.807, 2.05) is 32.6 Å². The minimum atomic E-state index is -0.461. The van der Waals surface area contributed by atoms with Crippen molar-refractivity contribution in [3.8, 4) is 0 Å². The van der Waals surface area contributed by atoms with Crippen LogP contribution in [0.3, 0.4) is 0 Å². The Kier molecular flexibility index (Phi) is 7.14. The predicted octanol–water partition coefficient (Wildman–Crippen LogP) is 1.96. The van der Waals surface area contributed by atoms with Crippen LogP contribution in [0, 0.1) is 0 Å². The van der Waals surface area contributed by atoms with Gasteiger partial charge >= 0.3 is 6.09 Å². The number of likely N-dealkylation sites (tertiary alicyclic amines) is 1. The molecule has 2 heterocycles. The van der Waals surface area contributed by atoms with Crippen molar-refractivity contribution in [1.82, 2.24) is 20.4 Å². The van der Waals surface area contributed by atoms with Gasteiger partial charge < -0.3 is 15.0 Å². The van der Waals surface area contributed by atoms with Crippen molar-refractivity contribution in [2.75, 3.05) is 13.1 Å². The van der Waals surface area contributed by atoms with Gasteiger partial charge in [0.05, 0.1) is 11.0 Å². The molecule has 0 aliphatic carbocycles. The first-order valence-corrected chi connectivity index (χ1v) is 9.53. The number of nitrogens with zero attached hydrogens (tertiary/aromatic N) is 3. The molecule has 0 bridgehead atoms. The minimum absolute atomic E-state index is 0.169. The maximum absolute atomic E-state index is 12.3. The molecule has 1 aliphatic rings. The SMILES string of the molecule is C/C=c1/cc(CNC[C@@H]2CCCN2C(=O)OC(C)(C)C)nn/c1=C/CC. The van der Waals surface area contributed by atoms with Crippen molar-refractivity contribution in [2.45, 2.75) is 72.1 Å². The van der Waals surface area contributed by atoms with Crippen LogP contribution in [0.25, 0.3) is 12.2 Å². The third kappa shape index (κ3) is 5.80. The van der Waals surface area contributed by atoms with E-state index in [4.69, 9.17) is 4.74 Å². The van der Waals surface area contributed by atoms with Crippen molar-refractivity contribution in [2.24, 2.45) is 0 Å². The molecule has 1 aliphatic heterocycles. The van der Waals surface area contributed by atoms with Gasteiger partial charge in [-0.05, 0) is 58.2 Å². The lowest BCUT2D eigenvalue weighted by atomic mass is 10.2. The second kappa shape index (κ2) is 9.12. The molecular formula is C20H32N4O2. The smallest absolute Gasteiger partial charge is 0.410 e. The predicted molar refractivity (Wildman–Crippen MR) is 104 cm³/mol. The first kappa shape index (κ1) is 20.4. The van der Waals surface area contributed by atoms with Gasteiger partial charge in [-0.3, -0.25) is 0 Å². The van der Waals surface area contributed by atoms with E-state index < -0.39 is 5.60 Å². The molecule has 0 saturated carbocycles. The molecule has 1 saturated heterocycles. The van der Waals surface area contributed by atoms with Crippen molar-refractivity contribution in [1.29, 1.82) is 0 Å². The van der Waals surface area contributed by atoms with Gasteiger partial charge in [-0.15, -0.1) is 0 Å². The molecule has 2 rings (SSSR count). The molecule has 144 valence electrons. The van der Waals surface area contributed by atoms with Gasteiger partial charge in [-0.25, -0.2) is 4.79 Å². The fourth-order valence-electron chi connectivity index (χ4n) is 3.10. The fourth-order valence-corrected chi connectivity index (χ4v) is 3.10. The summed E-state index contributed by atoms with van der Waals surface area (Å²) in [5.74, 6) is 0. The van der Waals surface area contributed by atoms with Gasteiger partial charge in [-0.2, -0.15) is 10.2 Å². The molecule has 1 amide bonds. The normalized spacial score (nSPS) is 19.3. The monoisotopic (exact) mass is 360 g/mol. The lowest BCUT2D eigenvalue weighted by molar-refractivity contribution is 0.0226. The average Bonchev–Trinajstić information content (AvgIpc) is 3.03. The zero-order chi connectivity index (χ0) is 19.2. The molecule has 1 atom stereocenters. The Morgan fingerprint density at radius 1 is 1.42 bits per heavy atom. The van der Waals surface area contributed by atoms with E-state index in [0.29, 0.717) is 6.54 Å². The van der Waals surface area contributed by atoms with Gasteiger partial charge in [-0.1, -0.05) is 19.1 Å². The zero-order valence-corrected chi connectivity index (χ0v) is 16.7. The number of aromatic nitrogens is 2. The third-order valence-electron chi connectivity index (χ3n) is 4.30. The molecule has 6 heteroatoms. The number of rotatable bonds is 5. The average molecular weight is 361 g/mol. The maximum atomic E-state index is 12.3. The van der Waals surface area contributed by atoms with Crippen LogP contribution in [-0.2, 0) is 11.3 Å². The molecule has 26 heavy (non-hydrogen) atoms. The van der Waals surface area contributed by atoms with Crippen molar-refractivity contribution in [3.63, 3.8) is 0 Å². The zero-order valence-electron chi connectivity index (χ0n) is 16.7. The minimum Gasteiger partial charge on any atom is -0.444 e. The number of hydrogen-bond donors (Lipinski definition) is 1. The number of carbonyl (C=O) groups is 1. The largest absolute Gasteiger partial charge is 0.444 e. The van der Waals surface area contributed by atoms with E-state index in [-0.39, 0.29) is 12.1 Å². The van der Waals surface area contributed by atoms with Gasteiger partial charge in [0.2, 0.25) is 0 Å². The Morgan fingerprint density at radius 2 is 2.19 bits per heavy atom. The van der Waals surface area contributed by atoms with Crippen LogP contribution in [0.4, 0.5) is 4.79 Å². The quantitative estimate of drug-likeness (QED) is 0.869. The van der Waals surface area contributed by atoms with Crippen LogP contribution < -0.4 is 15.9 Å². The summed E-state index contributed by atoms with van der Waals surface area (Å²) >= 11 is 0. The first-order chi connectivity index (χ1) is 12.3. The van der Waals surface area contributed by atoms with Crippen LogP contribution in [-0.4, -0.2) is 45.9 Å². The molecule has 0 aromatic carbocycles. The molecule has 6 nitrogen and oxygen atoms in total. The van der Waals surface area contributed by atoms with Gasteiger partial charge in [0.1, 0.15) is 5.60 Å². The van der Waals surface area contributed by atoms with E-state index in [9.17, 15) is 4.79 Å². The summed E-state index contributed by atoms with van der Waals surface area (Å²) in [6, 6.07) is 2.24. The Hall–Kier alpha value is -1.95. The highest BCUT2D eigenvalue weighted by molar-refractivity contribution is 5.69. The molecular weight excluding hydrogens is 328 g/mol. The Bertz CT molecular complexity index is 724. The van der Waals surface area contributed by atoms with E-state index in [1.165, 1.54) is 0 Å². The molecule has 1 fully saturated rings. The number of hydrogen-bond acceptors (Lipinski definition) is 5. The van der Waals surface area contributed by atoms with Gasteiger partial charge in [0.15, 0.2) is 0 Å². The summed E-state index contributed by atoms with van der Waals surface area (Å²) in [5, 5.41) is 14.1. The van der Waals surface area contributed by atoms with Crippen LogP contribution in [0.1, 0.15) is 59.6 Å². The Balaban J connectivity index is 1.93. The summed E-state index contributed by atoms with van der Waals surface area (Å²) in [7, 11) is 0. The summed E-state index contributed by atoms with van der Waals surface area (Å²) < 4.78 is 5.51. The van der Waals surface area contributed by atoms with E-state index in [2.05, 4.69) is 40.7 Å². The first-order valence-electron chi connectivity index (χ1n) is 9.53. The second-order valence-corrected chi connectivity index (χ2v) is 7.68. The van der Waals surface area contributed by atoms with E-state index in [0.717, 1.165) is 48.6 Å². The van der Waals surface area contributed by atoms with Crippen LogP contribution >= 0.6 is 0 Å². The van der Waals surface area contributed by atoms with Gasteiger partial charge in [0.25, 0.3) is 0 Å². The molecule has 1 aromatic heterocycles. The van der Waals surface area contributed by atoms with Gasteiger partial charge in [0, 0.05) is 25.7 Å². The topological polar surface area (TPSA) is 67.4 Å². The molecule has 1 aromatic rings. The van der Waals surface area contributed by atoms with Crippen LogP contribution in [0.5, 0.6) is 0 Å². The molecule has 0 radical (unpaired) electrons. The lowest BCUT2D eigenvalue weighted by Gasteiger charge is -2.28. The summed E-state index contributed by atoms with van der Waals surface area (Å²) in [5.41, 5.74) is 0.450. The number of ether oxygens (including phenoxy) is 1. The van der Waals surface area contributed by atoms with Crippen molar-refractivity contribution in [3.05, 3.63) is 22.3 Å². The van der Waals surface area contributed by atoms with Crippen LogP contribution in [0.15, 0.2) is 6.07 Å². The molecule has 0 spiro atoms. The third-order valence-corrected chi connectivity index (χ3v) is 4.30. The molecule has 0 unspecified atom stereocenters. The Labute approximate surface area is 156 Å². The number of amides is 1. The highest BCUT2D eigenvalue weighted by Gasteiger charge is 2.31. The lowest BCUT2D eigenvalue weighted by Crippen LogP contribution is -2.44. The highest BCUT2D eigenvalue weighted by Crippen LogP contribution is 2.20. The van der Waals surface area contributed by atoms with Crippen LogP contribution in [0.2, 0.25) is 0 Å². The maximum Gasteiger partial charge on any atom is 0.410 e. The Morgan fingerprint density at radius 3 is 2.85 bits per heavy atom. The van der Waals surface area contributed by atoms with Crippen molar-refractivity contribution >= 4 is 18.2 Å². The fraction of sp³-hybridized carbons (Fsp3) is 0.650.